The monoisotopic (exact) mass is 310 g/mol. The summed E-state index contributed by atoms with van der Waals surface area (Å²) in [5, 5.41) is 0. The second-order valence-corrected chi connectivity index (χ2v) is 6.40. The molecule has 3 aromatic rings. The third kappa shape index (κ3) is 1.59. The molecule has 2 nitrogen and oxygen atoms in total. The first-order chi connectivity index (χ1) is 7.75. The van der Waals surface area contributed by atoms with E-state index in [-0.39, 0.29) is 0 Å². The van der Waals surface area contributed by atoms with Crippen molar-refractivity contribution >= 4 is 50.0 Å². The quantitative estimate of drug-likeness (QED) is 0.661. The van der Waals surface area contributed by atoms with Gasteiger partial charge in [0.15, 0.2) is 0 Å². The van der Waals surface area contributed by atoms with Crippen LogP contribution in [0.2, 0.25) is 0 Å². The summed E-state index contributed by atoms with van der Waals surface area (Å²) >= 11 is 6.56. The summed E-state index contributed by atoms with van der Waals surface area (Å²) in [6, 6.07) is 8.31. The minimum atomic E-state index is 0.977. The third-order valence-electron chi connectivity index (χ3n) is 2.41. The molecule has 0 aliphatic heterocycles. The van der Waals surface area contributed by atoms with Gasteiger partial charge in [0.1, 0.15) is 11.0 Å². The zero-order valence-electron chi connectivity index (χ0n) is 8.40. The minimum Gasteiger partial charge on any atom is -0.173 e. The molecular weight excluding hydrogens is 304 g/mol. The van der Waals surface area contributed by atoms with E-state index < -0.39 is 0 Å². The van der Waals surface area contributed by atoms with Crippen LogP contribution in [0.15, 0.2) is 28.1 Å². The molecule has 0 bridgehead atoms. The molecule has 0 saturated carbocycles. The van der Waals surface area contributed by atoms with Gasteiger partial charge in [-0.3, -0.25) is 0 Å². The van der Waals surface area contributed by atoms with E-state index in [4.69, 9.17) is 0 Å². The molecule has 3 rings (SSSR count). The summed E-state index contributed by atoms with van der Waals surface area (Å²) in [6.07, 6.45) is 0. The van der Waals surface area contributed by atoms with Crippen LogP contribution < -0.4 is 0 Å². The highest BCUT2D eigenvalue weighted by Gasteiger charge is 2.10. The van der Waals surface area contributed by atoms with Gasteiger partial charge in [-0.1, -0.05) is 12.1 Å². The van der Waals surface area contributed by atoms with Crippen molar-refractivity contribution in [2.45, 2.75) is 6.92 Å². The van der Waals surface area contributed by atoms with Crippen LogP contribution in [0.1, 0.15) is 5.56 Å². The molecular formula is C11H7BrN2S2. The number of aryl methyl sites for hydroxylation is 1. The third-order valence-corrected chi connectivity index (χ3v) is 5.12. The van der Waals surface area contributed by atoms with Gasteiger partial charge in [0.05, 0.1) is 15.5 Å². The molecule has 0 N–H and O–H groups in total. The van der Waals surface area contributed by atoms with Gasteiger partial charge in [-0.05, 0) is 40.5 Å². The summed E-state index contributed by atoms with van der Waals surface area (Å²) < 4.78 is 9.80. The first-order valence-electron chi connectivity index (χ1n) is 4.73. The first kappa shape index (κ1) is 10.4. The van der Waals surface area contributed by atoms with Gasteiger partial charge in [0.25, 0.3) is 0 Å². The predicted molar refractivity (Wildman–Crippen MR) is 73.2 cm³/mol. The van der Waals surface area contributed by atoms with Crippen LogP contribution >= 0.6 is 39.0 Å². The fraction of sp³-hybridized carbons (Fsp3) is 0.0909. The minimum absolute atomic E-state index is 0.977. The van der Waals surface area contributed by atoms with Gasteiger partial charge in [-0.15, -0.1) is 11.3 Å². The number of aromatic nitrogens is 2. The normalized spacial score (nSPS) is 11.1. The SMILES string of the molecule is Cc1cc(-c2cccc3nsnc23)sc1Br. The highest BCUT2D eigenvalue weighted by atomic mass is 79.9. The fourth-order valence-electron chi connectivity index (χ4n) is 1.60. The van der Waals surface area contributed by atoms with E-state index in [0.717, 1.165) is 11.0 Å². The Morgan fingerprint density at radius 3 is 2.88 bits per heavy atom. The number of rotatable bonds is 1. The molecule has 0 amide bonds. The molecule has 1 aromatic carbocycles. The Balaban J connectivity index is 2.29. The van der Waals surface area contributed by atoms with Crippen LogP contribution in [0, 0.1) is 6.92 Å². The summed E-state index contributed by atoms with van der Waals surface area (Å²) in [5.41, 5.74) is 4.41. The zero-order chi connectivity index (χ0) is 11.1. The predicted octanol–water partition coefficient (Wildman–Crippen LogP) is 4.49. The maximum atomic E-state index is 4.36. The molecule has 0 aliphatic carbocycles. The van der Waals surface area contributed by atoms with Crippen molar-refractivity contribution in [3.8, 4) is 10.4 Å². The van der Waals surface area contributed by atoms with Crippen LogP contribution in [-0.4, -0.2) is 8.75 Å². The molecule has 0 atom stereocenters. The Morgan fingerprint density at radius 2 is 2.12 bits per heavy atom. The number of thiophene rings is 1. The second kappa shape index (κ2) is 3.91. The van der Waals surface area contributed by atoms with Crippen LogP contribution in [0.5, 0.6) is 0 Å². The highest BCUT2D eigenvalue weighted by Crippen LogP contribution is 2.37. The van der Waals surface area contributed by atoms with Crippen LogP contribution in [0.25, 0.3) is 21.5 Å². The maximum absolute atomic E-state index is 4.36. The van der Waals surface area contributed by atoms with Gasteiger partial charge in [0.2, 0.25) is 0 Å². The van der Waals surface area contributed by atoms with Crippen molar-refractivity contribution in [2.24, 2.45) is 0 Å². The van der Waals surface area contributed by atoms with Gasteiger partial charge in [-0.2, -0.15) is 8.75 Å². The highest BCUT2D eigenvalue weighted by molar-refractivity contribution is 9.11. The lowest BCUT2D eigenvalue weighted by atomic mass is 10.1. The van der Waals surface area contributed by atoms with E-state index in [1.165, 1.54) is 31.5 Å². The molecule has 0 unspecified atom stereocenters. The van der Waals surface area contributed by atoms with E-state index in [0.29, 0.717) is 0 Å². The Morgan fingerprint density at radius 1 is 1.25 bits per heavy atom. The number of hydrogen-bond acceptors (Lipinski definition) is 4. The lowest BCUT2D eigenvalue weighted by Crippen LogP contribution is -1.76. The van der Waals surface area contributed by atoms with Gasteiger partial charge in [0, 0.05) is 10.4 Å². The van der Waals surface area contributed by atoms with E-state index in [1.54, 1.807) is 11.3 Å². The van der Waals surface area contributed by atoms with Crippen molar-refractivity contribution in [2.75, 3.05) is 0 Å². The molecule has 16 heavy (non-hydrogen) atoms. The Labute approximate surface area is 109 Å². The smallest absolute Gasteiger partial charge is 0.113 e. The molecule has 0 fully saturated rings. The van der Waals surface area contributed by atoms with Gasteiger partial charge >= 0.3 is 0 Å². The largest absolute Gasteiger partial charge is 0.173 e. The molecule has 2 aromatic heterocycles. The van der Waals surface area contributed by atoms with Crippen LogP contribution in [0.3, 0.4) is 0 Å². The number of nitrogens with zero attached hydrogens (tertiary/aromatic N) is 2. The van der Waals surface area contributed by atoms with Crippen molar-refractivity contribution in [3.63, 3.8) is 0 Å². The standard InChI is InChI=1S/C11H7BrN2S2/c1-6-5-9(15-11(6)12)7-3-2-4-8-10(7)14-16-13-8/h2-5H,1H3. The summed E-state index contributed by atoms with van der Waals surface area (Å²) in [4.78, 5) is 1.24. The van der Waals surface area contributed by atoms with E-state index >= 15 is 0 Å². The summed E-state index contributed by atoms with van der Waals surface area (Å²) in [7, 11) is 0. The average Bonchev–Trinajstić information content (AvgIpc) is 2.85. The van der Waals surface area contributed by atoms with Crippen molar-refractivity contribution in [1.29, 1.82) is 0 Å². The molecule has 5 heteroatoms. The average molecular weight is 311 g/mol. The lowest BCUT2D eigenvalue weighted by molar-refractivity contribution is 1.53. The number of benzene rings is 1. The van der Waals surface area contributed by atoms with Crippen molar-refractivity contribution in [3.05, 3.63) is 33.6 Å². The number of halogens is 1. The molecule has 0 spiro atoms. The van der Waals surface area contributed by atoms with E-state index in [9.17, 15) is 0 Å². The maximum Gasteiger partial charge on any atom is 0.113 e. The first-order valence-corrected chi connectivity index (χ1v) is 7.07. The zero-order valence-corrected chi connectivity index (χ0v) is 11.6. The Bertz CT molecular complexity index is 637. The van der Waals surface area contributed by atoms with E-state index in [1.807, 2.05) is 12.1 Å². The number of fused-ring (bicyclic) bond motifs is 1. The summed E-state index contributed by atoms with van der Waals surface area (Å²) in [5.74, 6) is 0. The molecule has 2 heterocycles. The van der Waals surface area contributed by atoms with Crippen LogP contribution in [-0.2, 0) is 0 Å². The Hall–Kier alpha value is -0.780. The molecule has 0 aliphatic rings. The van der Waals surface area contributed by atoms with Crippen molar-refractivity contribution < 1.29 is 0 Å². The molecule has 0 saturated heterocycles. The second-order valence-electron chi connectivity index (χ2n) is 3.50. The number of hydrogen-bond donors (Lipinski definition) is 0. The lowest BCUT2D eigenvalue weighted by Gasteiger charge is -1.96. The van der Waals surface area contributed by atoms with E-state index in [2.05, 4.69) is 43.7 Å². The Kier molecular flexibility index (Phi) is 2.53. The van der Waals surface area contributed by atoms with Gasteiger partial charge < -0.3 is 0 Å². The molecule has 80 valence electrons. The summed E-state index contributed by atoms with van der Waals surface area (Å²) in [6.45, 7) is 2.10. The van der Waals surface area contributed by atoms with Crippen LogP contribution in [0.4, 0.5) is 0 Å². The fourth-order valence-corrected chi connectivity index (χ4v) is 3.71. The molecule has 0 radical (unpaired) electrons. The van der Waals surface area contributed by atoms with Crippen molar-refractivity contribution in [1.82, 2.24) is 8.75 Å². The topological polar surface area (TPSA) is 25.8 Å². The van der Waals surface area contributed by atoms with Gasteiger partial charge in [-0.25, -0.2) is 0 Å².